The number of anilines is 2. The van der Waals surface area contributed by atoms with Crippen molar-refractivity contribution in [3.05, 3.63) is 59.2 Å². The number of hydrogen-bond donors (Lipinski definition) is 3. The van der Waals surface area contributed by atoms with Gasteiger partial charge in [0.1, 0.15) is 0 Å². The van der Waals surface area contributed by atoms with Crippen LogP contribution in [0.3, 0.4) is 0 Å². The van der Waals surface area contributed by atoms with Gasteiger partial charge >= 0.3 is 0 Å². The highest BCUT2D eigenvalue weighted by Gasteiger charge is 2.08. The number of carbonyl (C=O) groups excluding carboxylic acids is 2. The van der Waals surface area contributed by atoms with Crippen molar-refractivity contribution in [2.75, 3.05) is 17.6 Å². The zero-order valence-corrected chi connectivity index (χ0v) is 15.3. The summed E-state index contributed by atoms with van der Waals surface area (Å²) in [5, 5.41) is 5.39. The molecule has 6 heteroatoms. The molecule has 0 unspecified atom stereocenters. The van der Waals surface area contributed by atoms with Crippen LogP contribution < -0.4 is 16.4 Å². The van der Waals surface area contributed by atoms with Crippen LogP contribution >= 0.6 is 12.4 Å². The highest BCUT2D eigenvalue weighted by molar-refractivity contribution is 5.95. The maximum absolute atomic E-state index is 11.9. The highest BCUT2D eigenvalue weighted by atomic mass is 35.5. The Hall–Kier alpha value is -2.53. The van der Waals surface area contributed by atoms with Crippen molar-refractivity contribution in [2.45, 2.75) is 26.7 Å². The van der Waals surface area contributed by atoms with E-state index >= 15 is 0 Å². The third kappa shape index (κ3) is 6.85. The fourth-order valence-corrected chi connectivity index (χ4v) is 2.25. The Morgan fingerprint density at radius 1 is 1.00 bits per heavy atom. The molecule has 0 aliphatic carbocycles. The molecule has 0 bridgehead atoms. The summed E-state index contributed by atoms with van der Waals surface area (Å²) in [4.78, 5) is 23.8. The van der Waals surface area contributed by atoms with E-state index in [1.54, 1.807) is 12.1 Å². The molecule has 2 rings (SSSR count). The van der Waals surface area contributed by atoms with Gasteiger partial charge in [-0.25, -0.2) is 0 Å². The Bertz CT molecular complexity index is 730. The monoisotopic (exact) mass is 361 g/mol. The summed E-state index contributed by atoms with van der Waals surface area (Å²) in [5.41, 5.74) is 10.2. The first kappa shape index (κ1) is 20.5. The molecule has 0 spiro atoms. The lowest BCUT2D eigenvalue weighted by Crippen LogP contribution is -2.33. The van der Waals surface area contributed by atoms with E-state index in [9.17, 15) is 9.59 Å². The van der Waals surface area contributed by atoms with Crippen LogP contribution in [0.15, 0.2) is 42.5 Å². The van der Waals surface area contributed by atoms with Crippen molar-refractivity contribution in [3.63, 3.8) is 0 Å². The summed E-state index contributed by atoms with van der Waals surface area (Å²) in [5.74, 6) is -0.414. The Kier molecular flexibility index (Phi) is 7.95. The lowest BCUT2D eigenvalue weighted by atomic mass is 10.1. The number of amides is 2. The number of rotatable bonds is 6. The number of aryl methyl sites for hydroxylation is 3. The molecule has 134 valence electrons. The zero-order valence-electron chi connectivity index (χ0n) is 14.5. The largest absolute Gasteiger partial charge is 0.399 e. The maximum Gasteiger partial charge on any atom is 0.243 e. The lowest BCUT2D eigenvalue weighted by molar-refractivity contribution is -0.124. The fraction of sp³-hybridized carbons (Fsp3) is 0.263. The second-order valence-corrected chi connectivity index (χ2v) is 5.88. The van der Waals surface area contributed by atoms with Crippen molar-refractivity contribution < 1.29 is 9.59 Å². The Labute approximate surface area is 154 Å². The number of nitrogens with two attached hydrogens (primary N) is 1. The van der Waals surface area contributed by atoms with Crippen molar-refractivity contribution in [3.8, 4) is 0 Å². The predicted octanol–water partition coefficient (Wildman–Crippen LogP) is 2.99. The van der Waals surface area contributed by atoms with E-state index in [2.05, 4.69) is 10.6 Å². The van der Waals surface area contributed by atoms with Crippen LogP contribution in [0.4, 0.5) is 11.4 Å². The van der Waals surface area contributed by atoms with Gasteiger partial charge in [0.2, 0.25) is 11.8 Å². The first-order valence-electron chi connectivity index (χ1n) is 7.92. The van der Waals surface area contributed by atoms with E-state index in [1.165, 1.54) is 5.56 Å². The van der Waals surface area contributed by atoms with Crippen molar-refractivity contribution in [1.29, 1.82) is 0 Å². The van der Waals surface area contributed by atoms with Crippen molar-refractivity contribution >= 4 is 35.6 Å². The SMILES string of the molecule is Cc1ccc(CCC(=O)NCC(=O)Nc2cc(N)ccc2C)cc1.Cl. The average molecular weight is 362 g/mol. The predicted molar refractivity (Wildman–Crippen MR) is 104 cm³/mol. The standard InChI is InChI=1S/C19H23N3O2.ClH/c1-13-3-6-15(7-4-13)8-10-18(23)21-12-19(24)22-17-11-16(20)9-5-14(17)2;/h3-7,9,11H,8,10,12,20H2,1-2H3,(H,21,23)(H,22,24);1H. The van der Waals surface area contributed by atoms with Gasteiger partial charge in [0.25, 0.3) is 0 Å². The number of halogens is 1. The lowest BCUT2D eigenvalue weighted by Gasteiger charge is -2.10. The molecule has 2 amide bonds. The van der Waals surface area contributed by atoms with Crippen LogP contribution in [0.2, 0.25) is 0 Å². The van der Waals surface area contributed by atoms with E-state index in [1.807, 2.05) is 44.2 Å². The number of nitrogen functional groups attached to an aromatic ring is 1. The Morgan fingerprint density at radius 2 is 1.68 bits per heavy atom. The van der Waals surface area contributed by atoms with E-state index in [4.69, 9.17) is 5.73 Å². The molecule has 0 atom stereocenters. The summed E-state index contributed by atoms with van der Waals surface area (Å²) < 4.78 is 0. The van der Waals surface area contributed by atoms with E-state index < -0.39 is 0 Å². The molecule has 0 aromatic heterocycles. The summed E-state index contributed by atoms with van der Waals surface area (Å²) in [7, 11) is 0. The average Bonchev–Trinajstić information content (AvgIpc) is 2.56. The molecular formula is C19H24ClN3O2. The van der Waals surface area contributed by atoms with Gasteiger partial charge in [-0.2, -0.15) is 0 Å². The van der Waals surface area contributed by atoms with Gasteiger partial charge < -0.3 is 16.4 Å². The molecule has 2 aromatic carbocycles. The molecule has 0 aliphatic rings. The maximum atomic E-state index is 11.9. The number of carbonyl (C=O) groups is 2. The molecule has 0 fully saturated rings. The van der Waals surface area contributed by atoms with Crippen LogP contribution in [-0.2, 0) is 16.0 Å². The van der Waals surface area contributed by atoms with Crippen LogP contribution in [-0.4, -0.2) is 18.4 Å². The summed E-state index contributed by atoms with van der Waals surface area (Å²) in [6.45, 7) is 3.85. The molecule has 0 radical (unpaired) electrons. The molecule has 4 N–H and O–H groups in total. The minimum atomic E-state index is -0.271. The van der Waals surface area contributed by atoms with Gasteiger partial charge in [0.15, 0.2) is 0 Å². The van der Waals surface area contributed by atoms with E-state index in [0.717, 1.165) is 11.1 Å². The molecular weight excluding hydrogens is 338 g/mol. The summed E-state index contributed by atoms with van der Waals surface area (Å²) in [6.07, 6.45) is 1.01. The normalized spacial score (nSPS) is 9.84. The molecule has 0 aliphatic heterocycles. The fourth-order valence-electron chi connectivity index (χ4n) is 2.25. The Morgan fingerprint density at radius 3 is 2.36 bits per heavy atom. The van der Waals surface area contributed by atoms with Gasteiger partial charge in [-0.05, 0) is 43.5 Å². The second-order valence-electron chi connectivity index (χ2n) is 5.88. The van der Waals surface area contributed by atoms with Gasteiger partial charge in [-0.3, -0.25) is 9.59 Å². The van der Waals surface area contributed by atoms with Crippen LogP contribution in [0.25, 0.3) is 0 Å². The molecule has 0 saturated heterocycles. The van der Waals surface area contributed by atoms with E-state index in [-0.39, 0.29) is 30.8 Å². The highest BCUT2D eigenvalue weighted by Crippen LogP contribution is 2.17. The summed E-state index contributed by atoms with van der Waals surface area (Å²) >= 11 is 0. The quantitative estimate of drug-likeness (QED) is 0.691. The second kappa shape index (κ2) is 9.69. The molecule has 0 saturated carbocycles. The number of nitrogens with one attached hydrogen (secondary N) is 2. The molecule has 0 heterocycles. The summed E-state index contributed by atoms with van der Waals surface area (Å²) in [6, 6.07) is 13.4. The van der Waals surface area contributed by atoms with Crippen LogP contribution in [0, 0.1) is 13.8 Å². The van der Waals surface area contributed by atoms with Gasteiger partial charge in [0.05, 0.1) is 6.54 Å². The molecule has 5 nitrogen and oxygen atoms in total. The van der Waals surface area contributed by atoms with Gasteiger partial charge in [0, 0.05) is 17.8 Å². The van der Waals surface area contributed by atoms with Crippen molar-refractivity contribution in [1.82, 2.24) is 5.32 Å². The first-order valence-corrected chi connectivity index (χ1v) is 7.92. The smallest absolute Gasteiger partial charge is 0.243 e. The van der Waals surface area contributed by atoms with Crippen LogP contribution in [0.1, 0.15) is 23.1 Å². The Balaban J connectivity index is 0.00000312. The minimum Gasteiger partial charge on any atom is -0.399 e. The number of benzene rings is 2. The third-order valence-corrected chi connectivity index (χ3v) is 3.74. The molecule has 25 heavy (non-hydrogen) atoms. The third-order valence-electron chi connectivity index (χ3n) is 3.74. The van der Waals surface area contributed by atoms with E-state index in [0.29, 0.717) is 24.2 Å². The topological polar surface area (TPSA) is 84.2 Å². The first-order chi connectivity index (χ1) is 11.4. The number of hydrogen-bond acceptors (Lipinski definition) is 3. The molecule has 2 aromatic rings. The minimum absolute atomic E-state index is 0. The van der Waals surface area contributed by atoms with Gasteiger partial charge in [-0.15, -0.1) is 12.4 Å². The van der Waals surface area contributed by atoms with Crippen molar-refractivity contribution in [2.24, 2.45) is 0 Å². The zero-order chi connectivity index (χ0) is 17.5. The van der Waals surface area contributed by atoms with Gasteiger partial charge in [-0.1, -0.05) is 35.9 Å². The van der Waals surface area contributed by atoms with Crippen LogP contribution in [0.5, 0.6) is 0 Å².